The maximum absolute atomic E-state index is 12.6. The number of likely N-dealkylation sites (tertiary alicyclic amines) is 1. The highest BCUT2D eigenvalue weighted by molar-refractivity contribution is 7.99. The van der Waals surface area contributed by atoms with Gasteiger partial charge in [0, 0.05) is 5.69 Å². The van der Waals surface area contributed by atoms with Gasteiger partial charge in [-0.05, 0) is 50.2 Å². The molecule has 166 valence electrons. The second-order valence-electron chi connectivity index (χ2n) is 7.43. The van der Waals surface area contributed by atoms with Crippen LogP contribution in [0, 0.1) is 0 Å². The molecule has 1 aliphatic heterocycles. The predicted molar refractivity (Wildman–Crippen MR) is 123 cm³/mol. The smallest absolute Gasteiger partial charge is 0.339 e. The molecule has 9 heteroatoms. The second kappa shape index (κ2) is 10.4. The van der Waals surface area contributed by atoms with Crippen LogP contribution in [0.4, 0.5) is 5.69 Å². The zero-order valence-electron chi connectivity index (χ0n) is 17.9. The number of anilines is 1. The first-order valence-electron chi connectivity index (χ1n) is 10.5. The third-order valence-corrected chi connectivity index (χ3v) is 6.15. The third-order valence-electron chi connectivity index (χ3n) is 5.22. The minimum atomic E-state index is -0.496. The number of methoxy groups -OCH3 is 1. The number of aromatic nitrogens is 3. The quantitative estimate of drug-likeness (QED) is 0.415. The van der Waals surface area contributed by atoms with Crippen molar-refractivity contribution >= 4 is 29.3 Å². The normalized spacial score (nSPS) is 13.8. The average Bonchev–Trinajstić information content (AvgIpc) is 3.48. The number of nitrogens with one attached hydrogen (secondary N) is 1. The van der Waals surface area contributed by atoms with E-state index < -0.39 is 5.97 Å². The Kier molecular flexibility index (Phi) is 7.18. The summed E-state index contributed by atoms with van der Waals surface area (Å²) < 4.78 is 6.80. The van der Waals surface area contributed by atoms with E-state index in [-0.39, 0.29) is 11.7 Å². The molecule has 32 heavy (non-hydrogen) atoms. The molecule has 1 N–H and O–H groups in total. The summed E-state index contributed by atoms with van der Waals surface area (Å²) >= 11 is 1.31. The van der Waals surface area contributed by atoms with Crippen molar-refractivity contribution in [3.63, 3.8) is 0 Å². The largest absolute Gasteiger partial charge is 0.465 e. The van der Waals surface area contributed by atoms with E-state index in [0.29, 0.717) is 16.4 Å². The summed E-state index contributed by atoms with van der Waals surface area (Å²) in [6, 6.07) is 16.7. The third kappa shape index (κ3) is 5.17. The van der Waals surface area contributed by atoms with Crippen LogP contribution < -0.4 is 5.32 Å². The van der Waals surface area contributed by atoms with Crippen LogP contribution >= 0.6 is 11.8 Å². The van der Waals surface area contributed by atoms with Crippen molar-refractivity contribution in [2.24, 2.45) is 0 Å². The van der Waals surface area contributed by atoms with Crippen molar-refractivity contribution in [1.82, 2.24) is 19.7 Å². The fourth-order valence-electron chi connectivity index (χ4n) is 3.67. The van der Waals surface area contributed by atoms with Gasteiger partial charge in [0.15, 0.2) is 11.0 Å². The van der Waals surface area contributed by atoms with E-state index in [9.17, 15) is 9.59 Å². The Morgan fingerprint density at radius 3 is 2.50 bits per heavy atom. The number of hydrogen-bond acceptors (Lipinski definition) is 7. The monoisotopic (exact) mass is 451 g/mol. The highest BCUT2D eigenvalue weighted by atomic mass is 32.2. The fourth-order valence-corrected chi connectivity index (χ4v) is 4.44. The maximum atomic E-state index is 12.6. The van der Waals surface area contributed by atoms with Gasteiger partial charge >= 0.3 is 5.97 Å². The minimum Gasteiger partial charge on any atom is -0.465 e. The number of carbonyl (C=O) groups is 2. The van der Waals surface area contributed by atoms with Gasteiger partial charge in [-0.25, -0.2) is 4.79 Å². The van der Waals surface area contributed by atoms with Crippen molar-refractivity contribution in [2.45, 2.75) is 24.5 Å². The molecule has 0 unspecified atom stereocenters. The zero-order valence-corrected chi connectivity index (χ0v) is 18.7. The first-order valence-corrected chi connectivity index (χ1v) is 11.5. The van der Waals surface area contributed by atoms with Crippen LogP contribution in [0.25, 0.3) is 5.69 Å². The Morgan fingerprint density at radius 2 is 1.75 bits per heavy atom. The van der Waals surface area contributed by atoms with Crippen LogP contribution in [0.1, 0.15) is 29.0 Å². The molecular formula is C23H25N5O3S. The van der Waals surface area contributed by atoms with Gasteiger partial charge in [-0.15, -0.1) is 10.2 Å². The summed E-state index contributed by atoms with van der Waals surface area (Å²) in [6.45, 7) is 2.85. The molecular weight excluding hydrogens is 426 g/mol. The van der Waals surface area contributed by atoms with Crippen molar-refractivity contribution in [2.75, 3.05) is 31.3 Å². The molecule has 1 saturated heterocycles. The van der Waals surface area contributed by atoms with Gasteiger partial charge in [0.1, 0.15) is 0 Å². The van der Waals surface area contributed by atoms with Crippen LogP contribution in [0.5, 0.6) is 0 Å². The van der Waals surface area contributed by atoms with E-state index in [0.717, 1.165) is 31.1 Å². The molecule has 1 amide bonds. The molecule has 0 atom stereocenters. The van der Waals surface area contributed by atoms with Crippen molar-refractivity contribution in [3.05, 3.63) is 66.0 Å². The lowest BCUT2D eigenvalue weighted by Crippen LogP contribution is -2.21. The number of rotatable bonds is 8. The average molecular weight is 452 g/mol. The van der Waals surface area contributed by atoms with Gasteiger partial charge in [0.2, 0.25) is 5.91 Å². The Bertz CT molecular complexity index is 1080. The Labute approximate surface area is 191 Å². The number of amides is 1. The standard InChI is InChI=1S/C23H25N5O3S/c1-31-22(30)18-11-5-6-12-19(18)24-21(29)16-32-23-26-25-20(15-27-13-7-8-14-27)28(23)17-9-3-2-4-10-17/h2-6,9-12H,7-8,13-16H2,1H3,(H,24,29). The van der Waals surface area contributed by atoms with Crippen LogP contribution in [-0.2, 0) is 16.1 Å². The van der Waals surface area contributed by atoms with E-state index in [1.807, 2.05) is 34.9 Å². The lowest BCUT2D eigenvalue weighted by atomic mass is 10.2. The van der Waals surface area contributed by atoms with E-state index >= 15 is 0 Å². The molecule has 0 bridgehead atoms. The van der Waals surface area contributed by atoms with E-state index in [1.165, 1.54) is 31.7 Å². The molecule has 2 heterocycles. The van der Waals surface area contributed by atoms with Crippen molar-refractivity contribution in [3.8, 4) is 5.69 Å². The fraction of sp³-hybridized carbons (Fsp3) is 0.304. The summed E-state index contributed by atoms with van der Waals surface area (Å²) in [5.74, 6) is 0.250. The van der Waals surface area contributed by atoms with Gasteiger partial charge in [0.05, 0.1) is 30.7 Å². The number of thioether (sulfide) groups is 1. The number of ether oxygens (including phenoxy) is 1. The molecule has 1 aromatic heterocycles. The van der Waals surface area contributed by atoms with Gasteiger partial charge in [-0.1, -0.05) is 42.1 Å². The molecule has 0 aliphatic carbocycles. The number of esters is 1. The van der Waals surface area contributed by atoms with E-state index in [1.54, 1.807) is 24.3 Å². The van der Waals surface area contributed by atoms with Gasteiger partial charge in [-0.2, -0.15) is 0 Å². The molecule has 2 aromatic carbocycles. The topological polar surface area (TPSA) is 89.3 Å². The maximum Gasteiger partial charge on any atom is 0.339 e. The van der Waals surface area contributed by atoms with Crippen molar-refractivity contribution < 1.29 is 14.3 Å². The summed E-state index contributed by atoms with van der Waals surface area (Å²) in [6.07, 6.45) is 2.41. The summed E-state index contributed by atoms with van der Waals surface area (Å²) in [5.41, 5.74) is 1.70. The first-order chi connectivity index (χ1) is 15.7. The molecule has 1 fully saturated rings. The molecule has 4 rings (SSSR count). The SMILES string of the molecule is COC(=O)c1ccccc1NC(=O)CSc1nnc(CN2CCCC2)n1-c1ccccc1. The number of nitrogens with zero attached hydrogens (tertiary/aromatic N) is 4. The molecule has 0 radical (unpaired) electrons. The highest BCUT2D eigenvalue weighted by Crippen LogP contribution is 2.24. The lowest BCUT2D eigenvalue weighted by Gasteiger charge is -2.16. The molecule has 0 spiro atoms. The lowest BCUT2D eigenvalue weighted by molar-refractivity contribution is -0.113. The zero-order chi connectivity index (χ0) is 22.3. The summed E-state index contributed by atoms with van der Waals surface area (Å²) in [7, 11) is 1.31. The van der Waals surface area contributed by atoms with Gasteiger partial charge < -0.3 is 10.1 Å². The Morgan fingerprint density at radius 1 is 1.03 bits per heavy atom. The first kappa shape index (κ1) is 22.0. The van der Waals surface area contributed by atoms with Crippen LogP contribution in [0.15, 0.2) is 59.8 Å². The second-order valence-corrected chi connectivity index (χ2v) is 8.37. The number of benzene rings is 2. The molecule has 1 aliphatic rings. The van der Waals surface area contributed by atoms with E-state index in [2.05, 4.69) is 20.4 Å². The summed E-state index contributed by atoms with van der Waals surface area (Å²) in [4.78, 5) is 26.9. The van der Waals surface area contributed by atoms with Crippen LogP contribution in [-0.4, -0.2) is 57.5 Å². The summed E-state index contributed by atoms with van der Waals surface area (Å²) in [5, 5.41) is 12.2. The predicted octanol–water partition coefficient (Wildman–Crippen LogP) is 3.38. The molecule has 0 saturated carbocycles. The van der Waals surface area contributed by atoms with Crippen molar-refractivity contribution in [1.29, 1.82) is 0 Å². The number of carbonyl (C=O) groups excluding carboxylic acids is 2. The van der Waals surface area contributed by atoms with Gasteiger partial charge in [-0.3, -0.25) is 14.3 Å². The molecule has 8 nitrogen and oxygen atoms in total. The Balaban J connectivity index is 1.49. The Hall–Kier alpha value is -3.17. The highest BCUT2D eigenvalue weighted by Gasteiger charge is 2.20. The van der Waals surface area contributed by atoms with Gasteiger partial charge in [0.25, 0.3) is 0 Å². The number of para-hydroxylation sites is 2. The van der Waals surface area contributed by atoms with Crippen LogP contribution in [0.2, 0.25) is 0 Å². The van der Waals surface area contributed by atoms with Crippen LogP contribution in [0.3, 0.4) is 0 Å². The van der Waals surface area contributed by atoms with E-state index in [4.69, 9.17) is 4.74 Å². The number of hydrogen-bond donors (Lipinski definition) is 1. The molecule has 3 aromatic rings. The minimum absolute atomic E-state index is 0.129.